The first-order valence-electron chi connectivity index (χ1n) is 6.37. The molecule has 0 bridgehead atoms. The van der Waals surface area contributed by atoms with Crippen LogP contribution in [-0.4, -0.2) is 12.7 Å². The molecule has 24 heavy (non-hydrogen) atoms. The van der Waals surface area contributed by atoms with Crippen molar-refractivity contribution in [3.63, 3.8) is 0 Å². The van der Waals surface area contributed by atoms with Crippen molar-refractivity contribution in [1.82, 2.24) is 0 Å². The van der Waals surface area contributed by atoms with Crippen molar-refractivity contribution >= 4 is 103 Å². The van der Waals surface area contributed by atoms with Gasteiger partial charge < -0.3 is 0 Å². The molecule has 0 spiro atoms. The van der Waals surface area contributed by atoms with Crippen LogP contribution in [0.3, 0.4) is 0 Å². The zero-order chi connectivity index (χ0) is 17.7. The lowest BCUT2D eigenvalue weighted by Crippen LogP contribution is -2.13. The number of benzene rings is 2. The van der Waals surface area contributed by atoms with Crippen molar-refractivity contribution in [2.45, 2.75) is 11.9 Å². The fourth-order valence-electron chi connectivity index (χ4n) is 1.39. The Bertz CT molecular complexity index is 502. The molecule has 0 amide bonds. The first kappa shape index (κ1) is 27.4. The lowest BCUT2D eigenvalue weighted by molar-refractivity contribution is 1.39. The highest BCUT2D eigenvalue weighted by Gasteiger charge is 2.24. The minimum absolute atomic E-state index is 0. The zero-order valence-corrected chi connectivity index (χ0v) is 20.6. The van der Waals surface area contributed by atoms with E-state index in [1.807, 2.05) is 60.7 Å². The molecule has 0 atom stereocenters. The summed E-state index contributed by atoms with van der Waals surface area (Å²) in [5, 5.41) is 0. The minimum Gasteiger partial charge on any atom is -0.147 e. The summed E-state index contributed by atoms with van der Waals surface area (Å²) < 4.78 is 0. The van der Waals surface area contributed by atoms with E-state index in [1.165, 1.54) is 5.56 Å². The van der Waals surface area contributed by atoms with Crippen molar-refractivity contribution in [2.75, 3.05) is 0 Å². The first-order chi connectivity index (χ1) is 10.7. The highest BCUT2D eigenvalue weighted by Crippen LogP contribution is 2.24. The monoisotopic (exact) mass is 520 g/mol. The number of halogens is 8. The largest absolute Gasteiger partial charge is 0.345 e. The van der Waals surface area contributed by atoms with Crippen LogP contribution in [-0.2, 0) is 11.9 Å². The van der Waals surface area contributed by atoms with Gasteiger partial charge in [-0.05, 0) is 11.1 Å². The molecule has 0 heterocycles. The summed E-state index contributed by atoms with van der Waals surface area (Å²) in [5.41, 5.74) is 2.27. The Kier molecular flexibility index (Phi) is 18.7. The van der Waals surface area contributed by atoms with Crippen LogP contribution in [0.25, 0.3) is 0 Å². The van der Waals surface area contributed by atoms with Crippen LogP contribution >= 0.6 is 90.5 Å². The second-order valence-electron chi connectivity index (χ2n) is 4.14. The van der Waals surface area contributed by atoms with Crippen LogP contribution in [0, 0.1) is 0 Å². The van der Waals surface area contributed by atoms with Crippen molar-refractivity contribution < 1.29 is 0 Å². The molecule has 0 saturated carbocycles. The molecule has 0 N–H and O–H groups in total. The SMILES string of the molecule is Cl.ClCc1ccccc1.Cl[SiH](Cl)Cl.Cl[Si](Cl)(Cl)Cc1ccccc1. The fourth-order valence-corrected chi connectivity index (χ4v) is 3.66. The second-order valence-corrected chi connectivity index (χ2v) is 20.0. The number of rotatable bonds is 3. The van der Waals surface area contributed by atoms with Crippen LogP contribution < -0.4 is 0 Å². The molecular weight excluding hydrogens is 508 g/mol. The van der Waals surface area contributed by atoms with Gasteiger partial charge >= 0.3 is 12.7 Å². The summed E-state index contributed by atoms with van der Waals surface area (Å²) in [4.78, 5) is 0. The van der Waals surface area contributed by atoms with Crippen LogP contribution in [0.1, 0.15) is 11.1 Å². The van der Waals surface area contributed by atoms with E-state index in [9.17, 15) is 0 Å². The van der Waals surface area contributed by atoms with Crippen LogP contribution in [0.4, 0.5) is 0 Å². The Morgan fingerprint density at radius 2 is 1.04 bits per heavy atom. The molecular formula is C14H16Cl8Si2. The van der Waals surface area contributed by atoms with Gasteiger partial charge in [-0.15, -0.1) is 90.5 Å². The van der Waals surface area contributed by atoms with Crippen molar-refractivity contribution in [2.24, 2.45) is 0 Å². The van der Waals surface area contributed by atoms with Crippen LogP contribution in [0.15, 0.2) is 60.7 Å². The van der Waals surface area contributed by atoms with Gasteiger partial charge in [0.25, 0.3) is 0 Å². The van der Waals surface area contributed by atoms with Gasteiger partial charge in [0.05, 0.1) is 0 Å². The molecule has 0 fully saturated rings. The summed E-state index contributed by atoms with van der Waals surface area (Å²) in [6, 6.07) is 17.8. The molecule has 2 aromatic carbocycles. The maximum absolute atomic E-state index is 5.74. The number of hydrogen-bond acceptors (Lipinski definition) is 0. The Hall–Kier alpha value is 1.19. The second kappa shape index (κ2) is 16.4. The molecule has 0 aliphatic rings. The van der Waals surface area contributed by atoms with E-state index in [1.54, 1.807) is 0 Å². The Balaban J connectivity index is 0. The first-order valence-corrected chi connectivity index (χ1v) is 17.4. The third kappa shape index (κ3) is 19.5. The van der Waals surface area contributed by atoms with E-state index >= 15 is 0 Å². The summed E-state index contributed by atoms with van der Waals surface area (Å²) in [6.07, 6.45) is 0. The van der Waals surface area contributed by atoms with E-state index in [0.717, 1.165) is 5.56 Å². The molecule has 0 nitrogen and oxygen atoms in total. The maximum atomic E-state index is 5.74. The summed E-state index contributed by atoms with van der Waals surface area (Å²) in [6.45, 7) is -1.72. The van der Waals surface area contributed by atoms with E-state index in [4.69, 9.17) is 78.1 Å². The zero-order valence-electron chi connectivity index (χ0n) is 12.3. The predicted octanol–water partition coefficient (Wildman–Crippen LogP) is 7.69. The molecule has 10 heteroatoms. The molecule has 0 unspecified atom stereocenters. The van der Waals surface area contributed by atoms with Crippen LogP contribution in [0.2, 0.25) is 0 Å². The van der Waals surface area contributed by atoms with Gasteiger partial charge in [0.1, 0.15) is 0 Å². The van der Waals surface area contributed by atoms with E-state index < -0.39 is 12.7 Å². The van der Waals surface area contributed by atoms with Gasteiger partial charge in [-0.2, -0.15) is 0 Å². The van der Waals surface area contributed by atoms with Crippen molar-refractivity contribution in [3.8, 4) is 0 Å². The van der Waals surface area contributed by atoms with Crippen molar-refractivity contribution in [3.05, 3.63) is 71.8 Å². The molecule has 136 valence electrons. The molecule has 0 radical (unpaired) electrons. The molecule has 2 rings (SSSR count). The Labute approximate surface area is 185 Å². The van der Waals surface area contributed by atoms with Gasteiger partial charge in [-0.25, -0.2) is 0 Å². The summed E-state index contributed by atoms with van der Waals surface area (Å²) in [7, 11) is 0. The average Bonchev–Trinajstić information content (AvgIpc) is 2.47. The van der Waals surface area contributed by atoms with E-state index in [-0.39, 0.29) is 12.4 Å². The fraction of sp³-hybridized carbons (Fsp3) is 0.143. The average molecular weight is 524 g/mol. The van der Waals surface area contributed by atoms with Gasteiger partial charge in [0.2, 0.25) is 0 Å². The van der Waals surface area contributed by atoms with Crippen molar-refractivity contribution in [1.29, 1.82) is 0 Å². The summed E-state index contributed by atoms with van der Waals surface area (Å²) >= 11 is 37.6. The topological polar surface area (TPSA) is 0 Å². The predicted molar refractivity (Wildman–Crippen MR) is 121 cm³/mol. The van der Waals surface area contributed by atoms with E-state index in [0.29, 0.717) is 11.9 Å². The smallest absolute Gasteiger partial charge is 0.147 e. The van der Waals surface area contributed by atoms with Gasteiger partial charge in [-0.1, -0.05) is 60.7 Å². The quantitative estimate of drug-likeness (QED) is 0.220. The van der Waals surface area contributed by atoms with Gasteiger partial charge in [-0.3, -0.25) is 0 Å². The minimum atomic E-state index is -2.48. The third-order valence-corrected chi connectivity index (χ3v) is 4.56. The maximum Gasteiger partial charge on any atom is 0.345 e. The molecule has 0 aromatic heterocycles. The third-order valence-electron chi connectivity index (χ3n) is 2.24. The molecule has 0 aliphatic carbocycles. The van der Waals surface area contributed by atoms with Gasteiger partial charge in [0, 0.05) is 11.9 Å². The lowest BCUT2D eigenvalue weighted by Gasteiger charge is -2.06. The van der Waals surface area contributed by atoms with Crippen LogP contribution in [0.5, 0.6) is 0 Å². The Morgan fingerprint density at radius 1 is 0.708 bits per heavy atom. The highest BCUT2D eigenvalue weighted by molar-refractivity contribution is 7.64. The van der Waals surface area contributed by atoms with E-state index in [2.05, 4.69) is 0 Å². The normalized spacial score (nSPS) is 9.83. The summed E-state index contributed by atoms with van der Waals surface area (Å²) in [5.74, 6) is 0.612. The standard InChI is InChI=1S/C7H7Cl3Si.C7H7Cl.Cl3HSi.ClH/c8-11(9,10)6-7-4-2-1-3-5-7;8-6-7-4-2-1-3-5-7;1-4(2)3;/h1-5H,6H2;1-5H,6H2;4H;1H. The molecule has 0 saturated heterocycles. The molecule has 2 aromatic rings. The Morgan fingerprint density at radius 3 is 1.29 bits per heavy atom. The lowest BCUT2D eigenvalue weighted by atomic mass is 10.2. The number of alkyl halides is 1. The van der Waals surface area contributed by atoms with Gasteiger partial charge in [0.15, 0.2) is 0 Å². The highest BCUT2D eigenvalue weighted by atomic mass is 35.8. The number of hydrogen-bond donors (Lipinski definition) is 0. The molecule has 0 aliphatic heterocycles.